The average Bonchev–Trinajstić information content (AvgIpc) is 3.30. The lowest BCUT2D eigenvalue weighted by molar-refractivity contribution is -0.222. The first-order valence-corrected chi connectivity index (χ1v) is 12.3. The van der Waals surface area contributed by atoms with Gasteiger partial charge in [0.2, 0.25) is 0 Å². The van der Waals surface area contributed by atoms with Gasteiger partial charge >= 0.3 is 11.9 Å². The van der Waals surface area contributed by atoms with Crippen LogP contribution in [0.25, 0.3) is 22.8 Å². The summed E-state index contributed by atoms with van der Waals surface area (Å²) in [6, 6.07) is 18.8. The Kier molecular flexibility index (Phi) is 6.36. The highest BCUT2D eigenvalue weighted by Crippen LogP contribution is 2.31. The van der Waals surface area contributed by atoms with E-state index in [2.05, 4.69) is 15.1 Å². The molecule has 0 spiro atoms. The van der Waals surface area contributed by atoms with Crippen LogP contribution in [0.1, 0.15) is 37.5 Å². The van der Waals surface area contributed by atoms with Crippen LogP contribution >= 0.6 is 0 Å². The molecule has 38 heavy (non-hydrogen) atoms. The molecule has 4 aromatic rings. The number of hydrogen-bond donors (Lipinski definition) is 1. The Balaban J connectivity index is 1.39. The summed E-state index contributed by atoms with van der Waals surface area (Å²) in [5.41, 5.74) is 5.15. The van der Waals surface area contributed by atoms with E-state index in [9.17, 15) is 14.7 Å². The summed E-state index contributed by atoms with van der Waals surface area (Å²) in [4.78, 5) is 28.1. The van der Waals surface area contributed by atoms with Crippen LogP contribution in [-0.4, -0.2) is 44.4 Å². The first kappa shape index (κ1) is 25.0. The van der Waals surface area contributed by atoms with Crippen molar-refractivity contribution in [3.8, 4) is 11.4 Å². The highest BCUT2D eigenvalue weighted by Gasteiger charge is 2.38. The summed E-state index contributed by atoms with van der Waals surface area (Å²) in [5.74, 6) is -2.58. The fraction of sp³-hybridized carbons (Fsp3) is 0.241. The normalized spacial score (nSPS) is 14.8. The number of ether oxygens (including phenoxy) is 2. The Morgan fingerprint density at radius 3 is 2.16 bits per heavy atom. The number of aromatic hydroxyl groups is 1. The van der Waals surface area contributed by atoms with Gasteiger partial charge in [0.05, 0.1) is 0 Å². The molecule has 1 aliphatic heterocycles. The summed E-state index contributed by atoms with van der Waals surface area (Å²) >= 11 is 0. The molecule has 1 N–H and O–H groups in total. The molecule has 2 heterocycles. The van der Waals surface area contributed by atoms with Crippen molar-refractivity contribution in [1.29, 1.82) is 0 Å². The van der Waals surface area contributed by atoms with Gasteiger partial charge in [-0.3, -0.25) is 0 Å². The maximum absolute atomic E-state index is 12.3. The van der Waals surface area contributed by atoms with Gasteiger partial charge in [-0.15, -0.1) is 15.0 Å². The molecule has 0 unspecified atom stereocenters. The number of hydrogen-bond acceptors (Lipinski definition) is 8. The molecule has 0 amide bonds. The number of rotatable bonds is 6. The molecule has 0 bridgehead atoms. The van der Waals surface area contributed by atoms with E-state index in [0.29, 0.717) is 24.3 Å². The zero-order valence-corrected chi connectivity index (χ0v) is 21.6. The number of benzene rings is 3. The number of fused-ring (bicyclic) bond motifs is 1. The standard InChI is InChI=1S/C29H28N4O5/c1-5-32(21-12-10-19(11-13-21)16-22-27(35)37-29(3,4)38-28(22)36)17-20-14-18(2)15-25(26(20)34)33-30-23-8-6-7-9-24(23)31-33/h6-16,34H,5,17H2,1-4H3. The Bertz CT molecular complexity index is 1510. The Hall–Kier alpha value is -4.66. The van der Waals surface area contributed by atoms with Crippen molar-refractivity contribution >= 4 is 34.7 Å². The SMILES string of the molecule is CCN(Cc1cc(C)cc(-n2nc3ccccc3n2)c1O)c1ccc(C=C2C(=O)OC(C)(C)OC2=O)cc1. The average molecular weight is 513 g/mol. The minimum Gasteiger partial charge on any atom is -0.505 e. The fourth-order valence-corrected chi connectivity index (χ4v) is 4.39. The molecule has 1 aromatic heterocycles. The van der Waals surface area contributed by atoms with Crippen LogP contribution in [0.5, 0.6) is 5.75 Å². The molecule has 1 saturated heterocycles. The molecule has 9 nitrogen and oxygen atoms in total. The van der Waals surface area contributed by atoms with Crippen LogP contribution in [-0.2, 0) is 25.6 Å². The van der Waals surface area contributed by atoms with Crippen molar-refractivity contribution in [2.24, 2.45) is 0 Å². The van der Waals surface area contributed by atoms with Gasteiger partial charge < -0.3 is 19.5 Å². The second-order valence-electron chi connectivity index (χ2n) is 9.61. The molecular formula is C29H28N4O5. The fourth-order valence-electron chi connectivity index (χ4n) is 4.39. The van der Waals surface area contributed by atoms with E-state index in [0.717, 1.165) is 27.8 Å². The lowest BCUT2D eigenvalue weighted by atomic mass is 10.1. The second-order valence-corrected chi connectivity index (χ2v) is 9.61. The molecular weight excluding hydrogens is 484 g/mol. The van der Waals surface area contributed by atoms with Gasteiger partial charge in [-0.25, -0.2) is 9.59 Å². The third-order valence-electron chi connectivity index (χ3n) is 6.24. The molecule has 194 valence electrons. The van der Waals surface area contributed by atoms with E-state index in [-0.39, 0.29) is 11.3 Å². The van der Waals surface area contributed by atoms with Gasteiger partial charge in [0.15, 0.2) is 0 Å². The van der Waals surface area contributed by atoms with E-state index in [1.54, 1.807) is 0 Å². The topological polar surface area (TPSA) is 107 Å². The summed E-state index contributed by atoms with van der Waals surface area (Å²) in [6.45, 7) is 8.15. The van der Waals surface area contributed by atoms with E-state index < -0.39 is 17.7 Å². The van der Waals surface area contributed by atoms with Crippen LogP contribution in [0.15, 0.2) is 66.2 Å². The molecule has 0 aliphatic carbocycles. The zero-order chi connectivity index (χ0) is 27.0. The third kappa shape index (κ3) is 4.95. The van der Waals surface area contributed by atoms with E-state index in [1.807, 2.05) is 74.5 Å². The van der Waals surface area contributed by atoms with Gasteiger partial charge in [0, 0.05) is 38.2 Å². The molecule has 1 aliphatic rings. The molecule has 9 heteroatoms. The summed E-state index contributed by atoms with van der Waals surface area (Å²) in [6.07, 6.45) is 1.46. The van der Waals surface area contributed by atoms with Gasteiger partial charge in [0.25, 0.3) is 5.79 Å². The first-order valence-electron chi connectivity index (χ1n) is 12.3. The Morgan fingerprint density at radius 2 is 1.58 bits per heavy atom. The van der Waals surface area contributed by atoms with Crippen molar-refractivity contribution in [2.75, 3.05) is 11.4 Å². The lowest BCUT2D eigenvalue weighted by Gasteiger charge is -2.29. The van der Waals surface area contributed by atoms with E-state index in [1.165, 1.54) is 24.7 Å². The number of carbonyl (C=O) groups excluding carboxylic acids is 2. The maximum Gasteiger partial charge on any atom is 0.348 e. The minimum absolute atomic E-state index is 0.118. The van der Waals surface area contributed by atoms with Gasteiger partial charge in [-0.1, -0.05) is 30.3 Å². The highest BCUT2D eigenvalue weighted by molar-refractivity contribution is 6.18. The number of esters is 2. The van der Waals surface area contributed by atoms with Crippen LogP contribution in [0, 0.1) is 6.92 Å². The van der Waals surface area contributed by atoms with Crippen LogP contribution in [0.2, 0.25) is 0 Å². The van der Waals surface area contributed by atoms with Crippen molar-refractivity contribution < 1.29 is 24.2 Å². The molecule has 1 fully saturated rings. The highest BCUT2D eigenvalue weighted by atomic mass is 16.7. The van der Waals surface area contributed by atoms with Crippen molar-refractivity contribution in [3.05, 3.63) is 82.9 Å². The number of aromatic nitrogens is 3. The number of carbonyl (C=O) groups is 2. The minimum atomic E-state index is -1.28. The van der Waals surface area contributed by atoms with Gasteiger partial charge in [-0.05, 0) is 61.4 Å². The smallest absolute Gasteiger partial charge is 0.348 e. The van der Waals surface area contributed by atoms with Crippen molar-refractivity contribution in [1.82, 2.24) is 15.0 Å². The van der Waals surface area contributed by atoms with E-state index >= 15 is 0 Å². The molecule has 0 saturated carbocycles. The third-order valence-corrected chi connectivity index (χ3v) is 6.24. The number of anilines is 1. The van der Waals surface area contributed by atoms with Crippen molar-refractivity contribution in [2.45, 2.75) is 40.0 Å². The lowest BCUT2D eigenvalue weighted by Crippen LogP contribution is -2.41. The Morgan fingerprint density at radius 1 is 0.974 bits per heavy atom. The molecule has 0 radical (unpaired) electrons. The van der Waals surface area contributed by atoms with Gasteiger partial charge in [-0.2, -0.15) is 0 Å². The van der Waals surface area contributed by atoms with Crippen LogP contribution in [0.4, 0.5) is 5.69 Å². The number of aryl methyl sites for hydroxylation is 1. The maximum atomic E-state index is 12.3. The largest absolute Gasteiger partial charge is 0.505 e. The van der Waals surface area contributed by atoms with Crippen molar-refractivity contribution in [3.63, 3.8) is 0 Å². The summed E-state index contributed by atoms with van der Waals surface area (Å²) in [5, 5.41) is 20.2. The molecule has 5 rings (SSSR count). The predicted molar refractivity (Wildman–Crippen MR) is 143 cm³/mol. The summed E-state index contributed by atoms with van der Waals surface area (Å²) < 4.78 is 10.3. The Labute approximate surface area is 219 Å². The molecule has 3 aromatic carbocycles. The number of nitrogens with zero attached hydrogens (tertiary/aromatic N) is 4. The van der Waals surface area contributed by atoms with Gasteiger partial charge in [0.1, 0.15) is 28.0 Å². The quantitative estimate of drug-likeness (QED) is 0.225. The van der Waals surface area contributed by atoms with E-state index in [4.69, 9.17) is 9.47 Å². The predicted octanol–water partition coefficient (Wildman–Crippen LogP) is 4.68. The summed E-state index contributed by atoms with van der Waals surface area (Å²) in [7, 11) is 0. The second kappa shape index (κ2) is 9.66. The van der Waals surface area contributed by atoms with Crippen LogP contribution < -0.4 is 4.90 Å². The number of cyclic esters (lactones) is 2. The molecule has 0 atom stereocenters. The first-order chi connectivity index (χ1) is 18.1. The van der Waals surface area contributed by atoms with Crippen LogP contribution in [0.3, 0.4) is 0 Å². The monoisotopic (exact) mass is 512 g/mol. The number of phenolic OH excluding ortho intramolecular Hbond substituents is 1. The zero-order valence-electron chi connectivity index (χ0n) is 21.6. The number of phenols is 1.